The molecule has 0 atom stereocenters. The fraction of sp³-hybridized carbons (Fsp3) is 0.238. The summed E-state index contributed by atoms with van der Waals surface area (Å²) in [6.07, 6.45) is 0. The number of ether oxygens (including phenoxy) is 1. The number of nitrogens with zero attached hydrogens (tertiary/aromatic N) is 3. The summed E-state index contributed by atoms with van der Waals surface area (Å²) in [7, 11) is 0. The van der Waals surface area contributed by atoms with E-state index in [4.69, 9.17) is 16.3 Å². The van der Waals surface area contributed by atoms with E-state index in [-0.39, 0.29) is 0 Å². The first kappa shape index (κ1) is 18.5. The third-order valence-corrected chi connectivity index (χ3v) is 4.69. The average Bonchev–Trinajstić information content (AvgIpc) is 2.69. The Kier molecular flexibility index (Phi) is 5.60. The summed E-state index contributed by atoms with van der Waals surface area (Å²) in [5, 5.41) is 7.41. The summed E-state index contributed by atoms with van der Waals surface area (Å²) in [6.45, 7) is 5.12. The maximum Gasteiger partial charge on any atom is 0.136 e. The second kappa shape index (κ2) is 8.46. The fourth-order valence-electron chi connectivity index (χ4n) is 3.21. The zero-order valence-electron chi connectivity index (χ0n) is 15.7. The Morgan fingerprint density at radius 3 is 2.46 bits per heavy atom. The summed E-state index contributed by atoms with van der Waals surface area (Å²) in [5.41, 5.74) is 3.04. The van der Waals surface area contributed by atoms with Gasteiger partial charge >= 0.3 is 0 Å². The molecule has 0 aliphatic carbocycles. The van der Waals surface area contributed by atoms with Gasteiger partial charge in [0, 0.05) is 29.9 Å². The molecule has 0 radical (unpaired) electrons. The van der Waals surface area contributed by atoms with E-state index in [9.17, 15) is 0 Å². The Hall–Kier alpha value is -2.83. The Balaban J connectivity index is 1.58. The van der Waals surface area contributed by atoms with E-state index in [2.05, 4.69) is 37.6 Å². The smallest absolute Gasteiger partial charge is 0.136 e. The Bertz CT molecular complexity index is 959. The van der Waals surface area contributed by atoms with Gasteiger partial charge < -0.3 is 20.3 Å². The van der Waals surface area contributed by atoms with Gasteiger partial charge in [0.25, 0.3) is 0 Å². The van der Waals surface area contributed by atoms with Crippen LogP contribution in [0.15, 0.2) is 54.6 Å². The van der Waals surface area contributed by atoms with Gasteiger partial charge in [0.2, 0.25) is 0 Å². The number of hydrogen-bond donors (Lipinski definition) is 2. The van der Waals surface area contributed by atoms with E-state index in [0.29, 0.717) is 16.7 Å². The van der Waals surface area contributed by atoms with Crippen LogP contribution in [0.25, 0.3) is 0 Å². The number of hydrogen-bond acceptors (Lipinski definition) is 6. The maximum atomic E-state index is 6.07. The first-order valence-corrected chi connectivity index (χ1v) is 9.62. The van der Waals surface area contributed by atoms with Crippen molar-refractivity contribution in [3.8, 4) is 0 Å². The Morgan fingerprint density at radius 1 is 0.929 bits per heavy atom. The van der Waals surface area contributed by atoms with E-state index in [1.807, 2.05) is 49.4 Å². The van der Waals surface area contributed by atoms with Gasteiger partial charge in [0.1, 0.15) is 17.5 Å². The molecule has 0 unspecified atom stereocenters. The Labute approximate surface area is 169 Å². The second-order valence-electron chi connectivity index (χ2n) is 6.56. The normalized spacial score (nSPS) is 14.0. The van der Waals surface area contributed by atoms with Gasteiger partial charge in [-0.3, -0.25) is 0 Å². The second-order valence-corrected chi connectivity index (χ2v) is 7.00. The minimum absolute atomic E-state index is 0.675. The van der Waals surface area contributed by atoms with Crippen LogP contribution in [0.5, 0.6) is 0 Å². The van der Waals surface area contributed by atoms with Crippen molar-refractivity contribution in [3.05, 3.63) is 65.4 Å². The molecule has 7 heteroatoms. The zero-order chi connectivity index (χ0) is 19.3. The van der Waals surface area contributed by atoms with Crippen LogP contribution in [-0.2, 0) is 4.74 Å². The average molecular weight is 396 g/mol. The highest BCUT2D eigenvalue weighted by atomic mass is 35.5. The molecule has 3 aromatic rings. The molecular formula is C21H22ClN5O. The molecule has 1 saturated heterocycles. The van der Waals surface area contributed by atoms with Gasteiger partial charge in [-0.25, -0.2) is 9.97 Å². The van der Waals surface area contributed by atoms with Crippen LogP contribution in [-0.4, -0.2) is 36.3 Å². The molecule has 1 fully saturated rings. The molecule has 0 amide bonds. The quantitative estimate of drug-likeness (QED) is 0.649. The highest BCUT2D eigenvalue weighted by Crippen LogP contribution is 2.29. The molecule has 6 nitrogen and oxygen atoms in total. The number of anilines is 5. The van der Waals surface area contributed by atoms with Gasteiger partial charge in [0.05, 0.1) is 24.6 Å². The third-order valence-electron chi connectivity index (χ3n) is 4.45. The number of nitrogens with one attached hydrogen (secondary N) is 2. The van der Waals surface area contributed by atoms with Crippen LogP contribution in [0.3, 0.4) is 0 Å². The van der Waals surface area contributed by atoms with Gasteiger partial charge in [-0.2, -0.15) is 0 Å². The van der Waals surface area contributed by atoms with Crippen LogP contribution in [0.2, 0.25) is 5.02 Å². The number of halogens is 1. The summed E-state index contributed by atoms with van der Waals surface area (Å²) in [6, 6.07) is 17.7. The number of aromatic nitrogens is 2. The molecule has 0 bridgehead atoms. The summed E-state index contributed by atoms with van der Waals surface area (Å²) in [4.78, 5) is 11.3. The zero-order valence-corrected chi connectivity index (χ0v) is 16.4. The largest absolute Gasteiger partial charge is 0.378 e. The van der Waals surface area contributed by atoms with Crippen LogP contribution >= 0.6 is 11.6 Å². The topological polar surface area (TPSA) is 62.3 Å². The molecule has 1 aliphatic heterocycles. The first-order valence-electron chi connectivity index (χ1n) is 9.24. The number of aryl methyl sites for hydroxylation is 1. The molecular weight excluding hydrogens is 374 g/mol. The predicted octanol–water partition coefficient (Wildman–Crippen LogP) is 4.76. The van der Waals surface area contributed by atoms with Crippen molar-refractivity contribution < 1.29 is 4.74 Å². The molecule has 0 spiro atoms. The highest BCUT2D eigenvalue weighted by molar-refractivity contribution is 6.30. The molecule has 4 rings (SSSR count). The molecule has 1 aliphatic rings. The lowest BCUT2D eigenvalue weighted by Crippen LogP contribution is -2.36. The summed E-state index contributed by atoms with van der Waals surface area (Å²) in [5.74, 6) is 2.12. The van der Waals surface area contributed by atoms with Crippen LogP contribution in [0.4, 0.5) is 28.7 Å². The van der Waals surface area contributed by atoms with Crippen molar-refractivity contribution in [2.45, 2.75) is 6.92 Å². The van der Waals surface area contributed by atoms with Crippen molar-refractivity contribution in [2.75, 3.05) is 41.8 Å². The van der Waals surface area contributed by atoms with Crippen LogP contribution < -0.4 is 15.5 Å². The lowest BCUT2D eigenvalue weighted by molar-refractivity contribution is 0.123. The maximum absolute atomic E-state index is 6.07. The lowest BCUT2D eigenvalue weighted by Gasteiger charge is -2.30. The number of rotatable bonds is 5. The van der Waals surface area contributed by atoms with E-state index in [1.165, 1.54) is 0 Å². The number of morpholine rings is 1. The van der Waals surface area contributed by atoms with Crippen molar-refractivity contribution in [3.63, 3.8) is 0 Å². The predicted molar refractivity (Wildman–Crippen MR) is 114 cm³/mol. The van der Waals surface area contributed by atoms with E-state index in [0.717, 1.165) is 49.2 Å². The van der Waals surface area contributed by atoms with Gasteiger partial charge in [0.15, 0.2) is 0 Å². The van der Waals surface area contributed by atoms with E-state index < -0.39 is 0 Å². The number of para-hydroxylation sites is 2. The standard InChI is InChI=1S/C21H22ClN5O/c1-15-23-20(25-17-6-4-5-16(22)13-17)14-21(24-15)26-18-7-2-3-8-19(18)27-9-11-28-12-10-27/h2-8,13-14H,9-12H2,1H3,(H2,23,24,25,26). The van der Waals surface area contributed by atoms with E-state index >= 15 is 0 Å². The monoisotopic (exact) mass is 395 g/mol. The number of benzene rings is 2. The molecule has 0 saturated carbocycles. The van der Waals surface area contributed by atoms with Crippen molar-refractivity contribution in [1.29, 1.82) is 0 Å². The summed E-state index contributed by atoms with van der Waals surface area (Å²) < 4.78 is 5.48. The van der Waals surface area contributed by atoms with Crippen LogP contribution in [0.1, 0.15) is 5.82 Å². The minimum atomic E-state index is 0.675. The fourth-order valence-corrected chi connectivity index (χ4v) is 3.40. The van der Waals surface area contributed by atoms with Gasteiger partial charge in [-0.1, -0.05) is 29.8 Å². The van der Waals surface area contributed by atoms with Crippen molar-refractivity contribution in [1.82, 2.24) is 9.97 Å². The van der Waals surface area contributed by atoms with Crippen LogP contribution in [0, 0.1) is 6.92 Å². The molecule has 28 heavy (non-hydrogen) atoms. The van der Waals surface area contributed by atoms with Gasteiger partial charge in [-0.15, -0.1) is 0 Å². The Morgan fingerprint density at radius 2 is 1.68 bits per heavy atom. The molecule has 2 aromatic carbocycles. The first-order chi connectivity index (χ1) is 13.7. The van der Waals surface area contributed by atoms with Crippen molar-refractivity contribution in [2.24, 2.45) is 0 Å². The van der Waals surface area contributed by atoms with E-state index in [1.54, 1.807) is 0 Å². The van der Waals surface area contributed by atoms with Crippen molar-refractivity contribution >= 4 is 40.3 Å². The highest BCUT2D eigenvalue weighted by Gasteiger charge is 2.15. The van der Waals surface area contributed by atoms with Gasteiger partial charge in [-0.05, 0) is 37.3 Å². The molecule has 1 aromatic heterocycles. The minimum Gasteiger partial charge on any atom is -0.378 e. The molecule has 144 valence electrons. The summed E-state index contributed by atoms with van der Waals surface area (Å²) >= 11 is 6.07. The lowest BCUT2D eigenvalue weighted by atomic mass is 10.2. The third kappa shape index (κ3) is 4.52. The molecule has 2 N–H and O–H groups in total. The SMILES string of the molecule is Cc1nc(Nc2cccc(Cl)c2)cc(Nc2ccccc2N2CCOCC2)n1. The molecule has 2 heterocycles.